The maximum atomic E-state index is 13.2. The number of phenols is 1. The summed E-state index contributed by atoms with van der Waals surface area (Å²) in [5.41, 5.74) is 3.52. The molecule has 0 atom stereocenters. The van der Waals surface area contributed by atoms with Crippen molar-refractivity contribution in [2.24, 2.45) is 0 Å². The molecule has 0 unspecified atom stereocenters. The monoisotopic (exact) mass is 216 g/mol. The van der Waals surface area contributed by atoms with Crippen molar-refractivity contribution < 1.29 is 9.50 Å². The normalized spacial score (nSPS) is 10.4. The molecule has 2 rings (SSSR count). The number of aromatic hydroxyl groups is 1. The highest BCUT2D eigenvalue weighted by Crippen LogP contribution is 2.32. The molecule has 0 saturated heterocycles. The Balaban J connectivity index is 2.66. The molecule has 0 aromatic heterocycles. The van der Waals surface area contributed by atoms with Gasteiger partial charge in [0.05, 0.1) is 0 Å². The summed E-state index contributed by atoms with van der Waals surface area (Å²) >= 11 is 0. The zero-order valence-electron chi connectivity index (χ0n) is 9.29. The van der Waals surface area contributed by atoms with Crippen LogP contribution in [-0.2, 0) is 0 Å². The average molecular weight is 216 g/mol. The van der Waals surface area contributed by atoms with E-state index in [-0.39, 0.29) is 11.6 Å². The zero-order valence-corrected chi connectivity index (χ0v) is 9.29. The highest BCUT2D eigenvalue weighted by Gasteiger charge is 2.08. The van der Waals surface area contributed by atoms with E-state index in [1.54, 1.807) is 0 Å². The molecule has 0 heterocycles. The van der Waals surface area contributed by atoms with Crippen molar-refractivity contribution in [2.75, 3.05) is 0 Å². The average Bonchev–Trinajstić information content (AvgIpc) is 2.25. The van der Waals surface area contributed by atoms with Gasteiger partial charge in [0.1, 0.15) is 11.6 Å². The second-order valence-corrected chi connectivity index (χ2v) is 3.98. The van der Waals surface area contributed by atoms with Crippen LogP contribution < -0.4 is 0 Å². The molecular formula is C14H13FO. The molecule has 82 valence electrons. The van der Waals surface area contributed by atoms with Gasteiger partial charge < -0.3 is 5.11 Å². The van der Waals surface area contributed by atoms with E-state index in [2.05, 4.69) is 0 Å². The van der Waals surface area contributed by atoms with Crippen molar-refractivity contribution in [3.05, 3.63) is 53.3 Å². The molecule has 1 nitrogen and oxygen atoms in total. The molecule has 0 amide bonds. The largest absolute Gasteiger partial charge is 0.507 e. The lowest BCUT2D eigenvalue weighted by Crippen LogP contribution is -1.87. The molecule has 0 fully saturated rings. The molecule has 2 heteroatoms. The van der Waals surface area contributed by atoms with E-state index >= 15 is 0 Å². The number of phenolic OH excluding ortho intramolecular Hbond substituents is 1. The molecule has 0 aliphatic heterocycles. The van der Waals surface area contributed by atoms with Crippen molar-refractivity contribution in [3.63, 3.8) is 0 Å². The molecule has 0 bridgehead atoms. The Hall–Kier alpha value is -1.83. The molecule has 2 aromatic rings. The standard InChI is InChI=1S/C14H13FO/c1-9-3-4-10(2)12(7-9)13-8-11(15)5-6-14(13)16/h3-8,16H,1-2H3. The Labute approximate surface area is 94.2 Å². The van der Waals surface area contributed by atoms with Crippen LogP contribution >= 0.6 is 0 Å². The zero-order chi connectivity index (χ0) is 11.7. The van der Waals surface area contributed by atoms with E-state index in [0.29, 0.717) is 5.56 Å². The number of halogens is 1. The van der Waals surface area contributed by atoms with E-state index in [0.717, 1.165) is 16.7 Å². The summed E-state index contributed by atoms with van der Waals surface area (Å²) in [4.78, 5) is 0. The van der Waals surface area contributed by atoms with Crippen LogP contribution in [0.5, 0.6) is 5.75 Å². The highest BCUT2D eigenvalue weighted by molar-refractivity contribution is 5.73. The van der Waals surface area contributed by atoms with Gasteiger partial charge in [-0.2, -0.15) is 0 Å². The van der Waals surface area contributed by atoms with Gasteiger partial charge in [0.25, 0.3) is 0 Å². The topological polar surface area (TPSA) is 20.2 Å². The van der Waals surface area contributed by atoms with Gasteiger partial charge in [-0.1, -0.05) is 23.8 Å². The van der Waals surface area contributed by atoms with Gasteiger partial charge >= 0.3 is 0 Å². The molecular weight excluding hydrogens is 203 g/mol. The Bertz CT molecular complexity index is 483. The summed E-state index contributed by atoms with van der Waals surface area (Å²) < 4.78 is 13.2. The van der Waals surface area contributed by atoms with E-state index in [4.69, 9.17) is 0 Å². The van der Waals surface area contributed by atoms with Crippen molar-refractivity contribution in [2.45, 2.75) is 13.8 Å². The first-order valence-corrected chi connectivity index (χ1v) is 5.14. The van der Waals surface area contributed by atoms with E-state index < -0.39 is 0 Å². The van der Waals surface area contributed by atoms with Gasteiger partial charge in [-0.05, 0) is 43.2 Å². The number of hydrogen-bond acceptors (Lipinski definition) is 1. The van der Waals surface area contributed by atoms with Crippen LogP contribution in [-0.4, -0.2) is 5.11 Å². The maximum Gasteiger partial charge on any atom is 0.124 e. The van der Waals surface area contributed by atoms with Crippen molar-refractivity contribution >= 4 is 0 Å². The maximum absolute atomic E-state index is 13.2. The first-order valence-electron chi connectivity index (χ1n) is 5.14. The van der Waals surface area contributed by atoms with E-state index in [9.17, 15) is 9.50 Å². The van der Waals surface area contributed by atoms with Crippen LogP contribution in [0.1, 0.15) is 11.1 Å². The van der Waals surface area contributed by atoms with Crippen molar-refractivity contribution in [1.82, 2.24) is 0 Å². The fraction of sp³-hybridized carbons (Fsp3) is 0.143. The Morgan fingerprint density at radius 3 is 2.44 bits per heavy atom. The molecule has 0 aliphatic carbocycles. The Kier molecular flexibility index (Phi) is 2.65. The quantitative estimate of drug-likeness (QED) is 0.768. The first kappa shape index (κ1) is 10.7. The summed E-state index contributed by atoms with van der Waals surface area (Å²) in [5, 5.41) is 9.74. The number of aryl methyl sites for hydroxylation is 2. The second kappa shape index (κ2) is 3.97. The summed E-state index contributed by atoms with van der Waals surface area (Å²) in [7, 11) is 0. The number of benzene rings is 2. The van der Waals surface area contributed by atoms with Gasteiger partial charge in [0.15, 0.2) is 0 Å². The third-order valence-electron chi connectivity index (χ3n) is 2.64. The van der Waals surface area contributed by atoms with E-state index in [1.165, 1.54) is 18.2 Å². The van der Waals surface area contributed by atoms with Gasteiger partial charge in [0.2, 0.25) is 0 Å². The minimum atomic E-state index is -0.339. The number of rotatable bonds is 1. The summed E-state index contributed by atoms with van der Waals surface area (Å²) in [6.07, 6.45) is 0. The predicted octanol–water partition coefficient (Wildman–Crippen LogP) is 3.82. The van der Waals surface area contributed by atoms with Crippen LogP contribution in [0.25, 0.3) is 11.1 Å². The minimum absolute atomic E-state index is 0.107. The van der Waals surface area contributed by atoms with Gasteiger partial charge in [-0.15, -0.1) is 0 Å². The van der Waals surface area contributed by atoms with Gasteiger partial charge in [-0.3, -0.25) is 0 Å². The molecule has 0 saturated carbocycles. The highest BCUT2D eigenvalue weighted by atomic mass is 19.1. The molecule has 0 aliphatic rings. The summed E-state index contributed by atoms with van der Waals surface area (Å²) in [5.74, 6) is -0.233. The second-order valence-electron chi connectivity index (χ2n) is 3.98. The Morgan fingerprint density at radius 2 is 1.69 bits per heavy atom. The van der Waals surface area contributed by atoms with E-state index in [1.807, 2.05) is 32.0 Å². The molecule has 2 aromatic carbocycles. The van der Waals surface area contributed by atoms with Gasteiger partial charge in [-0.25, -0.2) is 4.39 Å². The van der Waals surface area contributed by atoms with Crippen LogP contribution in [0.2, 0.25) is 0 Å². The lowest BCUT2D eigenvalue weighted by atomic mass is 9.98. The molecule has 1 N–H and O–H groups in total. The third-order valence-corrected chi connectivity index (χ3v) is 2.64. The molecule has 0 spiro atoms. The Morgan fingerprint density at radius 1 is 0.938 bits per heavy atom. The lowest BCUT2D eigenvalue weighted by molar-refractivity contribution is 0.475. The van der Waals surface area contributed by atoms with Crippen molar-refractivity contribution in [3.8, 4) is 16.9 Å². The summed E-state index contributed by atoms with van der Waals surface area (Å²) in [6.45, 7) is 3.92. The number of hydrogen-bond donors (Lipinski definition) is 1. The van der Waals surface area contributed by atoms with Crippen LogP contribution in [0.15, 0.2) is 36.4 Å². The first-order chi connectivity index (χ1) is 7.58. The minimum Gasteiger partial charge on any atom is -0.507 e. The SMILES string of the molecule is Cc1ccc(C)c(-c2cc(F)ccc2O)c1. The van der Waals surface area contributed by atoms with Crippen molar-refractivity contribution in [1.29, 1.82) is 0 Å². The smallest absolute Gasteiger partial charge is 0.124 e. The predicted molar refractivity (Wildman–Crippen MR) is 63.0 cm³/mol. The third kappa shape index (κ3) is 1.91. The summed E-state index contributed by atoms with van der Waals surface area (Å²) in [6, 6.07) is 9.90. The lowest BCUT2D eigenvalue weighted by Gasteiger charge is -2.09. The fourth-order valence-corrected chi connectivity index (χ4v) is 1.75. The van der Waals surface area contributed by atoms with Crippen LogP contribution in [0, 0.1) is 19.7 Å². The fourth-order valence-electron chi connectivity index (χ4n) is 1.75. The molecule has 16 heavy (non-hydrogen) atoms. The molecule has 0 radical (unpaired) electrons. The van der Waals surface area contributed by atoms with Crippen LogP contribution in [0.3, 0.4) is 0 Å². The van der Waals surface area contributed by atoms with Crippen LogP contribution in [0.4, 0.5) is 4.39 Å². The van der Waals surface area contributed by atoms with Gasteiger partial charge in [0, 0.05) is 5.56 Å².